The third kappa shape index (κ3) is 5.54. The average molecular weight is 371 g/mol. The maximum absolute atomic E-state index is 12.0. The van der Waals surface area contributed by atoms with Crippen LogP contribution in [0.1, 0.15) is 24.2 Å². The lowest BCUT2D eigenvalue weighted by atomic mass is 10.2. The molecule has 0 saturated carbocycles. The number of nitrogens with zero attached hydrogens (tertiary/aromatic N) is 1. The second-order valence-corrected chi connectivity index (χ2v) is 7.36. The average Bonchev–Trinajstić information content (AvgIpc) is 2.54. The predicted octanol–water partition coefficient (Wildman–Crippen LogP) is 0.328. The van der Waals surface area contributed by atoms with Crippen molar-refractivity contribution in [3.05, 3.63) is 29.8 Å². The standard InChI is InChI=1S/C15H21N3O6S/c1-5-16-15(21)17-13(19)10(2)24-14(20)11-6-8-12(9-7-11)25(22,23)18(3)4/h6-10H,5H2,1-4H3,(H2,16,17,19,21). The van der Waals surface area contributed by atoms with Gasteiger partial charge in [-0.25, -0.2) is 22.3 Å². The molecular weight excluding hydrogens is 350 g/mol. The first-order valence-electron chi connectivity index (χ1n) is 7.41. The van der Waals surface area contributed by atoms with Crippen molar-refractivity contribution in [2.45, 2.75) is 24.8 Å². The Balaban J connectivity index is 2.75. The number of urea groups is 1. The molecule has 138 valence electrons. The maximum atomic E-state index is 12.0. The van der Waals surface area contributed by atoms with Gasteiger partial charge < -0.3 is 10.1 Å². The van der Waals surface area contributed by atoms with Crippen molar-refractivity contribution in [1.29, 1.82) is 0 Å². The molecule has 0 spiro atoms. The molecule has 25 heavy (non-hydrogen) atoms. The summed E-state index contributed by atoms with van der Waals surface area (Å²) in [5.41, 5.74) is 0.0790. The van der Waals surface area contributed by atoms with Gasteiger partial charge in [-0.15, -0.1) is 0 Å². The molecule has 1 atom stereocenters. The normalized spacial score (nSPS) is 12.4. The lowest BCUT2D eigenvalue weighted by Gasteiger charge is -2.14. The number of amides is 3. The van der Waals surface area contributed by atoms with Crippen molar-refractivity contribution >= 4 is 27.9 Å². The van der Waals surface area contributed by atoms with Gasteiger partial charge in [-0.2, -0.15) is 0 Å². The molecule has 0 heterocycles. The minimum atomic E-state index is -3.60. The van der Waals surface area contributed by atoms with Crippen molar-refractivity contribution in [2.24, 2.45) is 0 Å². The number of hydrogen-bond acceptors (Lipinski definition) is 6. The lowest BCUT2D eigenvalue weighted by Crippen LogP contribution is -2.44. The lowest BCUT2D eigenvalue weighted by molar-refractivity contribution is -0.127. The number of carbonyl (C=O) groups excluding carboxylic acids is 3. The van der Waals surface area contributed by atoms with Gasteiger partial charge in [0, 0.05) is 20.6 Å². The Bertz CT molecular complexity index is 743. The summed E-state index contributed by atoms with van der Waals surface area (Å²) in [6, 6.07) is 4.42. The summed E-state index contributed by atoms with van der Waals surface area (Å²) in [6.45, 7) is 3.35. The fraction of sp³-hybridized carbons (Fsp3) is 0.400. The zero-order valence-electron chi connectivity index (χ0n) is 14.4. The van der Waals surface area contributed by atoms with Crippen LogP contribution < -0.4 is 10.6 Å². The molecule has 10 heteroatoms. The van der Waals surface area contributed by atoms with Gasteiger partial charge in [0.15, 0.2) is 6.10 Å². The van der Waals surface area contributed by atoms with E-state index >= 15 is 0 Å². The third-order valence-corrected chi connectivity index (χ3v) is 4.93. The fourth-order valence-corrected chi connectivity index (χ4v) is 2.58. The van der Waals surface area contributed by atoms with Gasteiger partial charge in [0.25, 0.3) is 5.91 Å². The topological polar surface area (TPSA) is 122 Å². The Hall–Kier alpha value is -2.46. The molecule has 0 aromatic heterocycles. The summed E-state index contributed by atoms with van der Waals surface area (Å²) in [4.78, 5) is 35.0. The Morgan fingerprint density at radius 3 is 2.20 bits per heavy atom. The number of imide groups is 1. The summed E-state index contributed by atoms with van der Waals surface area (Å²) in [5.74, 6) is -1.58. The van der Waals surface area contributed by atoms with E-state index < -0.39 is 34.0 Å². The molecule has 3 amide bonds. The van der Waals surface area contributed by atoms with Crippen LogP contribution in [-0.2, 0) is 19.6 Å². The van der Waals surface area contributed by atoms with Gasteiger partial charge in [-0.05, 0) is 38.1 Å². The summed E-state index contributed by atoms with van der Waals surface area (Å²) in [6.07, 6.45) is -1.19. The van der Waals surface area contributed by atoms with E-state index in [0.29, 0.717) is 6.54 Å². The summed E-state index contributed by atoms with van der Waals surface area (Å²) < 4.78 is 29.9. The van der Waals surface area contributed by atoms with Crippen LogP contribution in [0.4, 0.5) is 4.79 Å². The van der Waals surface area contributed by atoms with Gasteiger partial charge in [-0.3, -0.25) is 10.1 Å². The van der Waals surface area contributed by atoms with Gasteiger partial charge in [0.05, 0.1) is 10.5 Å². The highest BCUT2D eigenvalue weighted by atomic mass is 32.2. The minimum Gasteiger partial charge on any atom is -0.449 e. The molecule has 0 bridgehead atoms. The molecule has 1 unspecified atom stereocenters. The zero-order valence-corrected chi connectivity index (χ0v) is 15.2. The van der Waals surface area contributed by atoms with Crippen LogP contribution >= 0.6 is 0 Å². The second kappa shape index (κ2) is 8.58. The van der Waals surface area contributed by atoms with E-state index in [1.54, 1.807) is 6.92 Å². The molecule has 0 saturated heterocycles. The number of carbonyl (C=O) groups is 3. The largest absolute Gasteiger partial charge is 0.449 e. The highest BCUT2D eigenvalue weighted by Gasteiger charge is 2.22. The van der Waals surface area contributed by atoms with E-state index in [4.69, 9.17) is 4.74 Å². The van der Waals surface area contributed by atoms with Crippen LogP contribution in [0.15, 0.2) is 29.2 Å². The van der Waals surface area contributed by atoms with Crippen LogP contribution in [0.2, 0.25) is 0 Å². The molecule has 0 fully saturated rings. The number of rotatable bonds is 6. The number of sulfonamides is 1. The van der Waals surface area contributed by atoms with E-state index in [1.807, 2.05) is 5.32 Å². The first-order valence-corrected chi connectivity index (χ1v) is 8.85. The molecule has 0 aliphatic heterocycles. The quantitative estimate of drug-likeness (QED) is 0.695. The molecule has 0 radical (unpaired) electrons. The van der Waals surface area contributed by atoms with Gasteiger partial charge >= 0.3 is 12.0 Å². The molecule has 1 aromatic carbocycles. The number of benzene rings is 1. The Morgan fingerprint density at radius 1 is 1.16 bits per heavy atom. The molecule has 0 aliphatic rings. The van der Waals surface area contributed by atoms with E-state index in [2.05, 4.69) is 5.32 Å². The van der Waals surface area contributed by atoms with Crippen molar-refractivity contribution in [3.8, 4) is 0 Å². The predicted molar refractivity (Wildman–Crippen MR) is 89.4 cm³/mol. The number of nitrogens with one attached hydrogen (secondary N) is 2. The Labute approximate surface area is 146 Å². The Morgan fingerprint density at radius 2 is 1.72 bits per heavy atom. The second-order valence-electron chi connectivity index (χ2n) is 5.21. The fourth-order valence-electron chi connectivity index (χ4n) is 1.67. The third-order valence-electron chi connectivity index (χ3n) is 3.10. The highest BCUT2D eigenvalue weighted by Crippen LogP contribution is 2.15. The Kier molecular flexibility index (Phi) is 7.07. The molecule has 9 nitrogen and oxygen atoms in total. The van der Waals surface area contributed by atoms with E-state index in [0.717, 1.165) is 4.31 Å². The first-order chi connectivity index (χ1) is 11.6. The molecule has 0 aliphatic carbocycles. The number of esters is 1. The maximum Gasteiger partial charge on any atom is 0.338 e. The molecule has 1 aromatic rings. The van der Waals surface area contributed by atoms with Crippen LogP contribution in [0.25, 0.3) is 0 Å². The monoisotopic (exact) mass is 371 g/mol. The van der Waals surface area contributed by atoms with E-state index in [9.17, 15) is 22.8 Å². The van der Waals surface area contributed by atoms with Crippen LogP contribution in [0, 0.1) is 0 Å². The molecule has 1 rings (SSSR count). The molecule has 2 N–H and O–H groups in total. The van der Waals surface area contributed by atoms with Crippen molar-refractivity contribution in [3.63, 3.8) is 0 Å². The number of hydrogen-bond donors (Lipinski definition) is 2. The van der Waals surface area contributed by atoms with Gasteiger partial charge in [-0.1, -0.05) is 0 Å². The summed E-state index contributed by atoms with van der Waals surface area (Å²) in [7, 11) is -0.812. The zero-order chi connectivity index (χ0) is 19.2. The van der Waals surface area contributed by atoms with Crippen LogP contribution in [0.3, 0.4) is 0 Å². The van der Waals surface area contributed by atoms with Crippen molar-refractivity contribution < 1.29 is 27.5 Å². The summed E-state index contributed by atoms with van der Waals surface area (Å²) in [5, 5.41) is 4.40. The summed E-state index contributed by atoms with van der Waals surface area (Å²) >= 11 is 0. The highest BCUT2D eigenvalue weighted by molar-refractivity contribution is 7.89. The van der Waals surface area contributed by atoms with E-state index in [1.165, 1.54) is 45.3 Å². The van der Waals surface area contributed by atoms with Crippen molar-refractivity contribution in [1.82, 2.24) is 14.9 Å². The van der Waals surface area contributed by atoms with Gasteiger partial charge in [0.2, 0.25) is 10.0 Å². The smallest absolute Gasteiger partial charge is 0.338 e. The van der Waals surface area contributed by atoms with E-state index in [-0.39, 0.29) is 10.5 Å². The van der Waals surface area contributed by atoms with Gasteiger partial charge in [0.1, 0.15) is 0 Å². The molecular formula is C15H21N3O6S. The van der Waals surface area contributed by atoms with Crippen molar-refractivity contribution in [2.75, 3.05) is 20.6 Å². The van der Waals surface area contributed by atoms with Crippen LogP contribution in [0.5, 0.6) is 0 Å². The first kappa shape index (κ1) is 20.6. The van der Waals surface area contributed by atoms with Crippen LogP contribution in [-0.4, -0.2) is 57.4 Å². The SMILES string of the molecule is CCNC(=O)NC(=O)C(C)OC(=O)c1ccc(S(=O)(=O)N(C)C)cc1. The minimum absolute atomic E-state index is 0.0241. The number of ether oxygens (including phenoxy) is 1.